The Morgan fingerprint density at radius 3 is 2.46 bits per heavy atom. The molecule has 2 aromatic rings. The highest BCUT2D eigenvalue weighted by Gasteiger charge is 2.33. The number of aromatic nitrogens is 2. The number of hydrogen-bond acceptors (Lipinski definition) is 4. The summed E-state index contributed by atoms with van der Waals surface area (Å²) in [6.45, 7) is 1.96. The topological polar surface area (TPSA) is 122 Å². The fourth-order valence-corrected chi connectivity index (χ4v) is 3.80. The van der Waals surface area contributed by atoms with E-state index in [0.717, 1.165) is 18.4 Å². The minimum Gasteiger partial charge on any atom is -0.481 e. The smallest absolute Gasteiger partial charge is 0.327 e. The lowest BCUT2D eigenvalue weighted by Crippen LogP contribution is -2.47. The molecule has 0 spiro atoms. The molecule has 0 bridgehead atoms. The van der Waals surface area contributed by atoms with Crippen LogP contribution in [0.3, 0.4) is 0 Å². The molecule has 1 aliphatic rings. The van der Waals surface area contributed by atoms with Crippen LogP contribution >= 0.6 is 0 Å². The number of carboxylic acid groups (broad SMARTS) is 2. The largest absolute Gasteiger partial charge is 0.481 e. The zero-order valence-electron chi connectivity index (χ0n) is 15.8. The van der Waals surface area contributed by atoms with Crippen LogP contribution in [0.15, 0.2) is 24.3 Å². The molecule has 28 heavy (non-hydrogen) atoms. The highest BCUT2D eigenvalue weighted by molar-refractivity contribution is 6.06. The first-order valence-electron chi connectivity index (χ1n) is 9.60. The van der Waals surface area contributed by atoms with E-state index >= 15 is 0 Å². The summed E-state index contributed by atoms with van der Waals surface area (Å²) < 4.78 is 1.82. The molecule has 2 atom stereocenters. The first-order chi connectivity index (χ1) is 13.4. The minimum atomic E-state index is -1.53. The lowest BCUT2D eigenvalue weighted by molar-refractivity contribution is -0.149. The number of nitrogens with one attached hydrogen (secondary N) is 1. The van der Waals surface area contributed by atoms with Crippen molar-refractivity contribution >= 4 is 28.7 Å². The summed E-state index contributed by atoms with van der Waals surface area (Å²) in [5, 5.41) is 25.8. The molecule has 3 rings (SSSR count). The van der Waals surface area contributed by atoms with Crippen molar-refractivity contribution in [1.29, 1.82) is 0 Å². The van der Waals surface area contributed by atoms with Crippen LogP contribution in [0.25, 0.3) is 10.9 Å². The zero-order chi connectivity index (χ0) is 20.3. The van der Waals surface area contributed by atoms with Crippen LogP contribution in [0, 0.1) is 11.8 Å². The van der Waals surface area contributed by atoms with Crippen molar-refractivity contribution < 1.29 is 24.6 Å². The maximum Gasteiger partial charge on any atom is 0.327 e. The van der Waals surface area contributed by atoms with Crippen molar-refractivity contribution in [2.45, 2.75) is 51.6 Å². The van der Waals surface area contributed by atoms with Crippen molar-refractivity contribution in [2.24, 2.45) is 11.8 Å². The standard InChI is InChI=1S/C20H25N3O5/c1-12(19(25)26)16(20(27)28)21-18(24)17-14-9-5-6-10-15(14)23(22-17)11-13-7-3-2-4-8-13/h5-6,9-10,12-13,16H,2-4,7-8,11H2,1H3,(H,21,24)(H,25,26)(H,27,28)/t12-,16+/m0/s1. The number of amides is 1. The van der Waals surface area contributed by atoms with Gasteiger partial charge in [0.15, 0.2) is 5.69 Å². The molecule has 3 N–H and O–H groups in total. The summed E-state index contributed by atoms with van der Waals surface area (Å²) in [5.74, 6) is -4.13. The van der Waals surface area contributed by atoms with Gasteiger partial charge in [0.25, 0.3) is 5.91 Å². The predicted octanol–water partition coefficient (Wildman–Crippen LogP) is 2.52. The first-order valence-corrected chi connectivity index (χ1v) is 9.60. The average Bonchev–Trinajstić information content (AvgIpc) is 3.04. The zero-order valence-corrected chi connectivity index (χ0v) is 15.8. The van der Waals surface area contributed by atoms with Crippen molar-refractivity contribution in [3.05, 3.63) is 30.0 Å². The Labute approximate surface area is 162 Å². The number of benzene rings is 1. The molecule has 150 valence electrons. The fourth-order valence-electron chi connectivity index (χ4n) is 3.80. The van der Waals surface area contributed by atoms with Gasteiger partial charge in [-0.05, 0) is 31.7 Å². The Kier molecular flexibility index (Phi) is 5.96. The van der Waals surface area contributed by atoms with Crippen molar-refractivity contribution in [1.82, 2.24) is 15.1 Å². The maximum absolute atomic E-state index is 12.8. The second-order valence-electron chi connectivity index (χ2n) is 7.47. The predicted molar refractivity (Wildman–Crippen MR) is 102 cm³/mol. The van der Waals surface area contributed by atoms with Crippen molar-refractivity contribution in [2.75, 3.05) is 0 Å². The van der Waals surface area contributed by atoms with E-state index in [-0.39, 0.29) is 5.69 Å². The third kappa shape index (κ3) is 4.16. The monoisotopic (exact) mass is 387 g/mol. The van der Waals surface area contributed by atoms with Gasteiger partial charge in [-0.1, -0.05) is 37.5 Å². The van der Waals surface area contributed by atoms with E-state index in [1.54, 1.807) is 12.1 Å². The second-order valence-corrected chi connectivity index (χ2v) is 7.47. The number of fused-ring (bicyclic) bond motifs is 1. The summed E-state index contributed by atoms with van der Waals surface area (Å²) in [6, 6.07) is 5.78. The van der Waals surface area contributed by atoms with Gasteiger partial charge < -0.3 is 15.5 Å². The highest BCUT2D eigenvalue weighted by Crippen LogP contribution is 2.27. The van der Waals surface area contributed by atoms with Crippen LogP contribution in [0.1, 0.15) is 49.5 Å². The summed E-state index contributed by atoms with van der Waals surface area (Å²) in [7, 11) is 0. The second kappa shape index (κ2) is 8.41. The summed E-state index contributed by atoms with van der Waals surface area (Å²) in [4.78, 5) is 35.4. The molecule has 0 unspecified atom stereocenters. The molecule has 0 aliphatic heterocycles. The van der Waals surface area contributed by atoms with E-state index < -0.39 is 29.8 Å². The summed E-state index contributed by atoms with van der Waals surface area (Å²) in [5.41, 5.74) is 0.937. The van der Waals surface area contributed by atoms with Crippen LogP contribution in [0.2, 0.25) is 0 Å². The number of aliphatic carboxylic acids is 2. The van der Waals surface area contributed by atoms with Crippen molar-refractivity contribution in [3.63, 3.8) is 0 Å². The van der Waals surface area contributed by atoms with Crippen LogP contribution in [0.4, 0.5) is 0 Å². The number of carbonyl (C=O) groups excluding carboxylic acids is 1. The Hall–Kier alpha value is -2.90. The van der Waals surface area contributed by atoms with E-state index in [0.29, 0.717) is 17.8 Å². The van der Waals surface area contributed by atoms with Gasteiger partial charge in [0.2, 0.25) is 0 Å². The molecular formula is C20H25N3O5. The molecule has 1 aliphatic carbocycles. The van der Waals surface area contributed by atoms with Crippen LogP contribution in [0.5, 0.6) is 0 Å². The Balaban J connectivity index is 1.88. The lowest BCUT2D eigenvalue weighted by atomic mass is 9.89. The average molecular weight is 387 g/mol. The van der Waals surface area contributed by atoms with Crippen LogP contribution < -0.4 is 5.32 Å². The van der Waals surface area contributed by atoms with Gasteiger partial charge in [0.05, 0.1) is 11.4 Å². The molecule has 1 aromatic carbocycles. The third-order valence-corrected chi connectivity index (χ3v) is 5.47. The Morgan fingerprint density at radius 2 is 1.82 bits per heavy atom. The van der Waals surface area contributed by atoms with Gasteiger partial charge in [-0.25, -0.2) is 4.79 Å². The fraction of sp³-hybridized carbons (Fsp3) is 0.500. The number of para-hydroxylation sites is 1. The molecular weight excluding hydrogens is 362 g/mol. The number of carboxylic acids is 2. The summed E-state index contributed by atoms with van der Waals surface area (Å²) in [6.07, 6.45) is 5.91. The van der Waals surface area contributed by atoms with E-state index in [1.165, 1.54) is 26.2 Å². The minimum absolute atomic E-state index is 0.121. The first kappa shape index (κ1) is 19.9. The van der Waals surface area contributed by atoms with E-state index in [2.05, 4.69) is 10.4 Å². The normalized spacial score (nSPS) is 17.2. The van der Waals surface area contributed by atoms with Crippen molar-refractivity contribution in [3.8, 4) is 0 Å². The van der Waals surface area contributed by atoms with Gasteiger partial charge in [0.1, 0.15) is 6.04 Å². The van der Waals surface area contributed by atoms with Crippen LogP contribution in [-0.4, -0.2) is 43.9 Å². The van der Waals surface area contributed by atoms with Gasteiger partial charge in [-0.2, -0.15) is 5.10 Å². The van der Waals surface area contributed by atoms with Gasteiger partial charge >= 0.3 is 11.9 Å². The molecule has 0 radical (unpaired) electrons. The lowest BCUT2D eigenvalue weighted by Gasteiger charge is -2.21. The van der Waals surface area contributed by atoms with E-state index in [4.69, 9.17) is 5.11 Å². The quantitative estimate of drug-likeness (QED) is 0.671. The SMILES string of the molecule is C[C@H](C(=O)O)[C@@H](NC(=O)c1nn(CC2CCCCC2)c2ccccc12)C(=O)O. The third-order valence-electron chi connectivity index (χ3n) is 5.47. The Bertz CT molecular complexity index is 885. The molecule has 1 aromatic heterocycles. The maximum atomic E-state index is 12.8. The number of nitrogens with zero attached hydrogens (tertiary/aromatic N) is 2. The molecule has 1 amide bonds. The summed E-state index contributed by atoms with van der Waals surface area (Å²) >= 11 is 0. The highest BCUT2D eigenvalue weighted by atomic mass is 16.4. The van der Waals surface area contributed by atoms with Gasteiger partial charge in [0, 0.05) is 11.9 Å². The van der Waals surface area contributed by atoms with Gasteiger partial charge in [-0.3, -0.25) is 14.3 Å². The van der Waals surface area contributed by atoms with Crippen LogP contribution in [-0.2, 0) is 16.1 Å². The van der Waals surface area contributed by atoms with E-state index in [1.807, 2.05) is 16.8 Å². The molecule has 1 heterocycles. The number of hydrogen-bond donors (Lipinski definition) is 3. The molecule has 8 heteroatoms. The molecule has 0 saturated heterocycles. The molecule has 8 nitrogen and oxygen atoms in total. The number of carbonyl (C=O) groups is 3. The molecule has 1 fully saturated rings. The number of rotatable bonds is 7. The Morgan fingerprint density at radius 1 is 1.14 bits per heavy atom. The molecule has 1 saturated carbocycles. The van der Waals surface area contributed by atoms with Gasteiger partial charge in [-0.15, -0.1) is 0 Å². The van der Waals surface area contributed by atoms with E-state index in [9.17, 15) is 19.5 Å².